The number of thioether (sulfide) groups is 1. The zero-order valence-electron chi connectivity index (χ0n) is 18.2. The summed E-state index contributed by atoms with van der Waals surface area (Å²) in [4.78, 5) is 19.7. The molecule has 1 aromatic rings. The second-order valence-electron chi connectivity index (χ2n) is 8.24. The number of anilines is 1. The molecule has 1 aromatic heterocycles. The summed E-state index contributed by atoms with van der Waals surface area (Å²) in [5.74, 6) is 1.81. The second-order valence-corrected chi connectivity index (χ2v) is 9.76. The average molecular weight is 443 g/mol. The molecule has 1 saturated heterocycles. The van der Waals surface area contributed by atoms with Crippen LogP contribution in [-0.2, 0) is 14.3 Å². The molecule has 164 valence electrons. The number of aromatic nitrogens is 1. The SMILES string of the molecule is CCCCC(CC)COC(=O)CCSc1ccnc(N2CC(C)(COC)C2)c1Cl. The summed E-state index contributed by atoms with van der Waals surface area (Å²) in [6.45, 7) is 9.57. The standard InChI is InChI=1S/C22H35ClN2O3S/c1-5-7-8-17(6-2)13-28-19(26)10-12-29-18-9-11-24-21(20(18)23)25-14-22(3,15-25)16-27-4/h9,11,17H,5-8,10,12-16H2,1-4H3. The van der Waals surface area contributed by atoms with Crippen LogP contribution in [0.1, 0.15) is 52.9 Å². The molecule has 0 spiro atoms. The van der Waals surface area contributed by atoms with Gasteiger partial charge in [0.2, 0.25) is 0 Å². The van der Waals surface area contributed by atoms with E-state index in [1.165, 1.54) is 12.8 Å². The van der Waals surface area contributed by atoms with Crippen molar-refractivity contribution in [2.45, 2.75) is 57.8 Å². The molecule has 1 aliphatic rings. The van der Waals surface area contributed by atoms with E-state index in [0.29, 0.717) is 29.7 Å². The fourth-order valence-electron chi connectivity index (χ4n) is 3.64. The van der Waals surface area contributed by atoms with Crippen molar-refractivity contribution in [3.8, 4) is 0 Å². The number of esters is 1. The normalized spacial score (nSPS) is 16.4. The van der Waals surface area contributed by atoms with Gasteiger partial charge in [-0.1, -0.05) is 51.6 Å². The summed E-state index contributed by atoms with van der Waals surface area (Å²) in [6, 6.07) is 1.91. The van der Waals surface area contributed by atoms with Gasteiger partial charge in [-0.3, -0.25) is 4.79 Å². The average Bonchev–Trinajstić information content (AvgIpc) is 2.68. The minimum atomic E-state index is -0.129. The van der Waals surface area contributed by atoms with Crippen LogP contribution in [0, 0.1) is 11.3 Å². The highest BCUT2D eigenvalue weighted by Crippen LogP contribution is 2.40. The second kappa shape index (κ2) is 12.0. The predicted octanol–water partition coefficient (Wildman–Crippen LogP) is 5.45. The summed E-state index contributed by atoms with van der Waals surface area (Å²) in [5, 5.41) is 0.663. The summed E-state index contributed by atoms with van der Waals surface area (Å²) >= 11 is 8.18. The largest absolute Gasteiger partial charge is 0.465 e. The molecule has 1 unspecified atom stereocenters. The van der Waals surface area contributed by atoms with Gasteiger partial charge in [0.1, 0.15) is 5.82 Å². The van der Waals surface area contributed by atoms with Crippen LogP contribution < -0.4 is 4.90 Å². The van der Waals surface area contributed by atoms with E-state index in [9.17, 15) is 4.79 Å². The lowest BCUT2D eigenvalue weighted by Gasteiger charge is -2.48. The van der Waals surface area contributed by atoms with Crippen molar-refractivity contribution in [1.82, 2.24) is 4.98 Å². The van der Waals surface area contributed by atoms with Crippen LogP contribution >= 0.6 is 23.4 Å². The van der Waals surface area contributed by atoms with Crippen LogP contribution in [0.5, 0.6) is 0 Å². The van der Waals surface area contributed by atoms with Crippen molar-refractivity contribution >= 4 is 35.1 Å². The minimum absolute atomic E-state index is 0.129. The zero-order chi connectivity index (χ0) is 21.3. The summed E-state index contributed by atoms with van der Waals surface area (Å²) in [7, 11) is 1.73. The number of halogens is 1. The number of carbonyl (C=O) groups is 1. The van der Waals surface area contributed by atoms with Crippen LogP contribution in [0.4, 0.5) is 5.82 Å². The number of unbranched alkanes of at least 4 members (excludes halogenated alkanes) is 1. The van der Waals surface area contributed by atoms with Crippen molar-refractivity contribution < 1.29 is 14.3 Å². The third kappa shape index (κ3) is 7.34. The van der Waals surface area contributed by atoms with E-state index < -0.39 is 0 Å². The Labute approximate surface area is 184 Å². The molecule has 7 heteroatoms. The third-order valence-electron chi connectivity index (χ3n) is 5.36. The lowest BCUT2D eigenvalue weighted by Crippen LogP contribution is -2.57. The van der Waals surface area contributed by atoms with Gasteiger partial charge in [0, 0.05) is 42.5 Å². The van der Waals surface area contributed by atoms with Gasteiger partial charge in [-0.15, -0.1) is 11.8 Å². The zero-order valence-corrected chi connectivity index (χ0v) is 19.8. The predicted molar refractivity (Wildman–Crippen MR) is 121 cm³/mol. The number of hydrogen-bond donors (Lipinski definition) is 0. The maximum atomic E-state index is 12.1. The number of nitrogens with zero attached hydrogens (tertiary/aromatic N) is 2. The Bertz CT molecular complexity index is 653. The van der Waals surface area contributed by atoms with Gasteiger partial charge in [-0.2, -0.15) is 0 Å². The van der Waals surface area contributed by atoms with Crippen LogP contribution in [0.3, 0.4) is 0 Å². The molecular formula is C22H35ClN2O3S. The molecule has 0 amide bonds. The number of hydrogen-bond acceptors (Lipinski definition) is 6. The first-order chi connectivity index (χ1) is 13.9. The Balaban J connectivity index is 1.77. The maximum Gasteiger partial charge on any atom is 0.306 e. The van der Waals surface area contributed by atoms with E-state index in [-0.39, 0.29) is 11.4 Å². The molecule has 5 nitrogen and oxygen atoms in total. The van der Waals surface area contributed by atoms with E-state index in [1.54, 1.807) is 25.1 Å². The molecule has 1 fully saturated rings. The summed E-state index contributed by atoms with van der Waals surface area (Å²) in [6.07, 6.45) is 6.73. The van der Waals surface area contributed by atoms with Gasteiger partial charge in [0.25, 0.3) is 0 Å². The van der Waals surface area contributed by atoms with E-state index >= 15 is 0 Å². The Morgan fingerprint density at radius 3 is 2.83 bits per heavy atom. The van der Waals surface area contributed by atoms with Crippen molar-refractivity contribution in [1.29, 1.82) is 0 Å². The topological polar surface area (TPSA) is 51.7 Å². The van der Waals surface area contributed by atoms with E-state index in [4.69, 9.17) is 21.1 Å². The number of pyridine rings is 1. The van der Waals surface area contributed by atoms with Crippen LogP contribution in [0.2, 0.25) is 5.02 Å². The molecule has 0 saturated carbocycles. The monoisotopic (exact) mass is 442 g/mol. The molecule has 2 rings (SSSR count). The van der Waals surface area contributed by atoms with Crippen molar-refractivity contribution in [3.63, 3.8) is 0 Å². The molecule has 29 heavy (non-hydrogen) atoms. The Hall–Kier alpha value is -0.980. The van der Waals surface area contributed by atoms with E-state index in [0.717, 1.165) is 43.3 Å². The minimum Gasteiger partial charge on any atom is -0.465 e. The van der Waals surface area contributed by atoms with Crippen LogP contribution in [0.15, 0.2) is 17.2 Å². The van der Waals surface area contributed by atoms with Gasteiger partial charge in [0.05, 0.1) is 24.7 Å². The van der Waals surface area contributed by atoms with Gasteiger partial charge >= 0.3 is 5.97 Å². The quantitative estimate of drug-likeness (QED) is 0.299. The van der Waals surface area contributed by atoms with Crippen molar-refractivity contribution in [2.24, 2.45) is 11.3 Å². The van der Waals surface area contributed by atoms with Gasteiger partial charge in [-0.25, -0.2) is 4.98 Å². The molecule has 1 aliphatic heterocycles. The van der Waals surface area contributed by atoms with E-state index in [1.807, 2.05) is 6.07 Å². The van der Waals surface area contributed by atoms with Crippen LogP contribution in [0.25, 0.3) is 0 Å². The molecule has 0 N–H and O–H groups in total. The molecular weight excluding hydrogens is 408 g/mol. The lowest BCUT2D eigenvalue weighted by molar-refractivity contribution is -0.144. The van der Waals surface area contributed by atoms with Crippen molar-refractivity contribution in [2.75, 3.05) is 44.1 Å². The van der Waals surface area contributed by atoms with Gasteiger partial charge in [-0.05, 0) is 18.4 Å². The molecule has 0 aromatic carbocycles. The molecule has 0 radical (unpaired) electrons. The summed E-state index contributed by atoms with van der Waals surface area (Å²) in [5.41, 5.74) is 0.153. The van der Waals surface area contributed by atoms with E-state index in [2.05, 4.69) is 30.7 Å². The Kier molecular flexibility index (Phi) is 10.1. The Morgan fingerprint density at radius 2 is 2.17 bits per heavy atom. The molecule has 2 heterocycles. The fraction of sp³-hybridized carbons (Fsp3) is 0.727. The Morgan fingerprint density at radius 1 is 1.41 bits per heavy atom. The maximum absolute atomic E-state index is 12.1. The first-order valence-corrected chi connectivity index (χ1v) is 12.0. The number of ether oxygens (including phenoxy) is 2. The lowest BCUT2D eigenvalue weighted by atomic mass is 9.83. The highest BCUT2D eigenvalue weighted by molar-refractivity contribution is 7.99. The highest BCUT2D eigenvalue weighted by Gasteiger charge is 2.40. The molecule has 0 aliphatic carbocycles. The molecule has 1 atom stereocenters. The van der Waals surface area contributed by atoms with Gasteiger partial charge < -0.3 is 14.4 Å². The number of methoxy groups -OCH3 is 1. The van der Waals surface area contributed by atoms with Crippen molar-refractivity contribution in [3.05, 3.63) is 17.3 Å². The fourth-order valence-corrected chi connectivity index (χ4v) is 4.90. The van der Waals surface area contributed by atoms with Gasteiger partial charge in [0.15, 0.2) is 0 Å². The number of carbonyl (C=O) groups excluding carboxylic acids is 1. The third-order valence-corrected chi connectivity index (χ3v) is 6.90. The first kappa shape index (κ1) is 24.3. The highest BCUT2D eigenvalue weighted by atomic mass is 35.5. The first-order valence-electron chi connectivity index (χ1n) is 10.6. The smallest absolute Gasteiger partial charge is 0.306 e. The number of rotatable bonds is 13. The summed E-state index contributed by atoms with van der Waals surface area (Å²) < 4.78 is 10.8. The van der Waals surface area contributed by atoms with Crippen LogP contribution in [-0.4, -0.2) is 50.1 Å². The molecule has 0 bridgehead atoms.